The van der Waals surface area contributed by atoms with Crippen LogP contribution in [0.15, 0.2) is 0 Å². The van der Waals surface area contributed by atoms with Gasteiger partial charge in [-0.25, -0.2) is 0 Å². The zero-order chi connectivity index (χ0) is 10.3. The highest BCUT2D eigenvalue weighted by atomic mass is 35.5. The molecular weight excluding hydrogens is 225 g/mol. The number of halogens is 1. The van der Waals surface area contributed by atoms with Crippen LogP contribution in [-0.2, 0) is 13.6 Å². The van der Waals surface area contributed by atoms with Crippen LogP contribution < -0.4 is 5.73 Å². The molecule has 0 spiro atoms. The standard InChI is InChI=1S/C8H20NO3P.ClH/c1-4-7-8(9)13(10,11-5-2)12-6-3;/h8H,4-7,9H2,1-3H3;1H. The first-order valence-corrected chi connectivity index (χ1v) is 6.36. The van der Waals surface area contributed by atoms with Crippen molar-refractivity contribution in [3.05, 3.63) is 0 Å². The molecule has 1 atom stereocenters. The number of rotatable bonds is 7. The fourth-order valence-electron chi connectivity index (χ4n) is 1.04. The van der Waals surface area contributed by atoms with Gasteiger partial charge >= 0.3 is 7.60 Å². The van der Waals surface area contributed by atoms with Crippen LogP contribution in [0.5, 0.6) is 0 Å². The summed E-state index contributed by atoms with van der Waals surface area (Å²) in [5.74, 6) is -0.489. The lowest BCUT2D eigenvalue weighted by molar-refractivity contribution is 0.210. The SMILES string of the molecule is CCCC(N)P(=O)(OCC)OCC.Cl. The molecule has 6 heteroatoms. The minimum atomic E-state index is -3.05. The van der Waals surface area contributed by atoms with Crippen molar-refractivity contribution in [2.45, 2.75) is 39.4 Å². The van der Waals surface area contributed by atoms with Crippen LogP contribution in [0.1, 0.15) is 33.6 Å². The third kappa shape index (κ3) is 5.32. The second-order valence-electron chi connectivity index (χ2n) is 2.73. The Kier molecular flexibility index (Phi) is 10.4. The molecule has 0 fully saturated rings. The van der Waals surface area contributed by atoms with Crippen LogP contribution in [-0.4, -0.2) is 19.0 Å². The van der Waals surface area contributed by atoms with Crippen molar-refractivity contribution >= 4 is 20.0 Å². The smallest absolute Gasteiger partial charge is 0.318 e. The van der Waals surface area contributed by atoms with E-state index in [1.54, 1.807) is 13.8 Å². The summed E-state index contributed by atoms with van der Waals surface area (Å²) in [6, 6.07) is 0. The molecule has 88 valence electrons. The minimum absolute atomic E-state index is 0. The first kappa shape index (κ1) is 16.8. The monoisotopic (exact) mass is 245 g/mol. The summed E-state index contributed by atoms with van der Waals surface area (Å²) in [5, 5.41) is 0. The predicted octanol–water partition coefficient (Wildman–Crippen LogP) is 2.76. The first-order chi connectivity index (χ1) is 6.10. The fraction of sp³-hybridized carbons (Fsp3) is 1.00. The number of nitrogens with two attached hydrogens (primary N) is 1. The average Bonchev–Trinajstić information content (AvgIpc) is 2.05. The van der Waals surface area contributed by atoms with E-state index in [0.717, 1.165) is 6.42 Å². The predicted molar refractivity (Wildman–Crippen MR) is 61.0 cm³/mol. The molecule has 0 heterocycles. The van der Waals surface area contributed by atoms with Gasteiger partial charge in [0.1, 0.15) is 5.78 Å². The summed E-state index contributed by atoms with van der Waals surface area (Å²) in [5.41, 5.74) is 5.72. The van der Waals surface area contributed by atoms with E-state index < -0.39 is 13.4 Å². The fourth-order valence-corrected chi connectivity index (χ4v) is 2.79. The van der Waals surface area contributed by atoms with E-state index in [1.807, 2.05) is 6.92 Å². The summed E-state index contributed by atoms with van der Waals surface area (Å²) >= 11 is 0. The first-order valence-electron chi connectivity index (χ1n) is 4.75. The highest BCUT2D eigenvalue weighted by Gasteiger charge is 2.31. The molecule has 0 aromatic rings. The maximum atomic E-state index is 11.9. The van der Waals surface area contributed by atoms with Gasteiger partial charge in [-0.3, -0.25) is 4.57 Å². The topological polar surface area (TPSA) is 61.6 Å². The molecule has 14 heavy (non-hydrogen) atoms. The summed E-state index contributed by atoms with van der Waals surface area (Å²) in [6.45, 7) is 6.29. The van der Waals surface area contributed by atoms with Crippen molar-refractivity contribution in [1.82, 2.24) is 0 Å². The molecule has 0 bridgehead atoms. The maximum absolute atomic E-state index is 11.9. The van der Waals surface area contributed by atoms with Crippen LogP contribution >= 0.6 is 20.0 Å². The van der Waals surface area contributed by atoms with Crippen molar-refractivity contribution in [3.63, 3.8) is 0 Å². The Balaban J connectivity index is 0. The van der Waals surface area contributed by atoms with E-state index in [-0.39, 0.29) is 12.4 Å². The van der Waals surface area contributed by atoms with Gasteiger partial charge in [-0.2, -0.15) is 0 Å². The Labute approximate surface area is 92.5 Å². The van der Waals surface area contributed by atoms with Crippen molar-refractivity contribution in [2.24, 2.45) is 5.73 Å². The highest BCUT2D eigenvalue weighted by molar-refractivity contribution is 7.54. The molecule has 0 saturated heterocycles. The van der Waals surface area contributed by atoms with E-state index in [2.05, 4.69) is 0 Å². The van der Waals surface area contributed by atoms with Gasteiger partial charge in [-0.05, 0) is 20.3 Å². The summed E-state index contributed by atoms with van der Waals surface area (Å²) < 4.78 is 22.1. The van der Waals surface area contributed by atoms with E-state index in [4.69, 9.17) is 14.8 Å². The highest BCUT2D eigenvalue weighted by Crippen LogP contribution is 2.52. The Hall–Kier alpha value is 0.400. The van der Waals surface area contributed by atoms with Crippen LogP contribution in [0.4, 0.5) is 0 Å². The van der Waals surface area contributed by atoms with Crippen molar-refractivity contribution < 1.29 is 13.6 Å². The van der Waals surface area contributed by atoms with Crippen molar-refractivity contribution in [3.8, 4) is 0 Å². The molecule has 0 aromatic heterocycles. The third-order valence-electron chi connectivity index (χ3n) is 1.61. The van der Waals surface area contributed by atoms with Crippen LogP contribution in [0, 0.1) is 0 Å². The molecule has 0 aliphatic rings. The zero-order valence-corrected chi connectivity index (χ0v) is 10.8. The van der Waals surface area contributed by atoms with Crippen LogP contribution in [0.3, 0.4) is 0 Å². The summed E-state index contributed by atoms with van der Waals surface area (Å²) in [6.07, 6.45) is 1.54. The molecule has 2 N–H and O–H groups in total. The van der Waals surface area contributed by atoms with Gasteiger partial charge in [-0.15, -0.1) is 12.4 Å². The maximum Gasteiger partial charge on any atom is 0.347 e. The lowest BCUT2D eigenvalue weighted by atomic mass is 10.3. The zero-order valence-electron chi connectivity index (χ0n) is 9.06. The second kappa shape index (κ2) is 8.69. The van der Waals surface area contributed by atoms with Gasteiger partial charge in [-0.1, -0.05) is 13.3 Å². The van der Waals surface area contributed by atoms with Crippen LogP contribution in [0.2, 0.25) is 0 Å². The Morgan fingerprint density at radius 2 is 1.64 bits per heavy atom. The summed E-state index contributed by atoms with van der Waals surface area (Å²) in [4.78, 5) is 0. The number of hydrogen-bond donors (Lipinski definition) is 1. The van der Waals surface area contributed by atoms with Crippen molar-refractivity contribution in [2.75, 3.05) is 13.2 Å². The third-order valence-corrected chi connectivity index (χ3v) is 3.92. The second-order valence-corrected chi connectivity index (χ2v) is 4.99. The number of hydrogen-bond acceptors (Lipinski definition) is 4. The Morgan fingerprint density at radius 3 is 1.93 bits per heavy atom. The van der Waals surface area contributed by atoms with E-state index in [0.29, 0.717) is 19.6 Å². The molecule has 0 amide bonds. The van der Waals surface area contributed by atoms with Gasteiger partial charge in [0, 0.05) is 0 Å². The largest absolute Gasteiger partial charge is 0.347 e. The molecule has 1 unspecified atom stereocenters. The molecule has 0 rings (SSSR count). The van der Waals surface area contributed by atoms with E-state index in [1.165, 1.54) is 0 Å². The normalized spacial score (nSPS) is 13.4. The molecule has 0 aromatic carbocycles. The van der Waals surface area contributed by atoms with E-state index in [9.17, 15) is 4.57 Å². The van der Waals surface area contributed by atoms with Gasteiger partial charge in [0.25, 0.3) is 0 Å². The molecule has 0 saturated carbocycles. The summed E-state index contributed by atoms with van der Waals surface area (Å²) in [7, 11) is -3.05. The molecular formula is C8H21ClNO3P. The average molecular weight is 246 g/mol. The van der Waals surface area contributed by atoms with Gasteiger partial charge < -0.3 is 14.8 Å². The van der Waals surface area contributed by atoms with Gasteiger partial charge in [0.2, 0.25) is 0 Å². The van der Waals surface area contributed by atoms with Crippen molar-refractivity contribution in [1.29, 1.82) is 0 Å². The molecule has 0 aliphatic carbocycles. The lowest BCUT2D eigenvalue weighted by Gasteiger charge is -2.22. The Morgan fingerprint density at radius 1 is 1.21 bits per heavy atom. The van der Waals surface area contributed by atoms with Crippen LogP contribution in [0.25, 0.3) is 0 Å². The van der Waals surface area contributed by atoms with E-state index >= 15 is 0 Å². The Bertz CT molecular complexity index is 170. The molecule has 0 radical (unpaired) electrons. The van der Waals surface area contributed by atoms with Gasteiger partial charge in [0.05, 0.1) is 13.2 Å². The minimum Gasteiger partial charge on any atom is -0.318 e. The molecule has 0 aliphatic heterocycles. The quantitative estimate of drug-likeness (QED) is 0.701. The van der Waals surface area contributed by atoms with Gasteiger partial charge in [0.15, 0.2) is 0 Å². The molecule has 4 nitrogen and oxygen atoms in total. The lowest BCUT2D eigenvalue weighted by Crippen LogP contribution is -2.22.